The lowest BCUT2D eigenvalue weighted by molar-refractivity contribution is 0.0695. The summed E-state index contributed by atoms with van der Waals surface area (Å²) in [4.78, 5) is 22.5. The molecule has 0 spiro atoms. The average Bonchev–Trinajstić information content (AvgIpc) is 2.13. The third-order valence-corrected chi connectivity index (χ3v) is 3.10. The van der Waals surface area contributed by atoms with Crippen LogP contribution in [0.5, 0.6) is 0 Å². The lowest BCUT2D eigenvalue weighted by atomic mass is 9.80. The number of rotatable bonds is 2. The third-order valence-electron chi connectivity index (χ3n) is 3.10. The van der Waals surface area contributed by atoms with Crippen molar-refractivity contribution in [2.45, 2.75) is 40.0 Å². The minimum atomic E-state index is -1.10. The van der Waals surface area contributed by atoms with E-state index in [2.05, 4.69) is 0 Å². The van der Waals surface area contributed by atoms with Crippen molar-refractivity contribution in [3.05, 3.63) is 33.9 Å². The highest BCUT2D eigenvalue weighted by atomic mass is 16.4. The van der Waals surface area contributed by atoms with Gasteiger partial charge in [-0.2, -0.15) is 0 Å². The number of benzene rings is 1. The molecule has 0 bridgehead atoms. The fraction of sp³-hybridized carbons (Fsp3) is 0.429. The Bertz CT molecular complexity index is 522. The van der Waals surface area contributed by atoms with E-state index in [0.29, 0.717) is 11.1 Å². The standard InChI is InChI=1S/C14H18O4/c1-7-9(12(15)16)6-10(14(3,4)5)8(2)11(7)13(17)18/h6H,1-5H3,(H,15,16)(H,17,18). The van der Waals surface area contributed by atoms with Crippen LogP contribution in [0, 0.1) is 13.8 Å². The summed E-state index contributed by atoms with van der Waals surface area (Å²) in [5, 5.41) is 18.4. The fourth-order valence-corrected chi connectivity index (χ4v) is 2.23. The molecule has 0 fully saturated rings. The molecule has 0 radical (unpaired) electrons. The van der Waals surface area contributed by atoms with Crippen LogP contribution in [0.3, 0.4) is 0 Å². The first-order valence-corrected chi connectivity index (χ1v) is 5.68. The monoisotopic (exact) mass is 250 g/mol. The van der Waals surface area contributed by atoms with Gasteiger partial charge in [0.05, 0.1) is 11.1 Å². The number of aromatic carboxylic acids is 2. The van der Waals surface area contributed by atoms with Gasteiger partial charge in [0.1, 0.15) is 0 Å². The van der Waals surface area contributed by atoms with E-state index in [9.17, 15) is 14.7 Å². The Hall–Kier alpha value is -1.84. The maximum absolute atomic E-state index is 11.3. The minimum absolute atomic E-state index is 0.0583. The zero-order valence-corrected chi connectivity index (χ0v) is 11.3. The van der Waals surface area contributed by atoms with E-state index in [4.69, 9.17) is 5.11 Å². The molecule has 4 nitrogen and oxygen atoms in total. The van der Waals surface area contributed by atoms with Crippen LogP contribution in [-0.4, -0.2) is 22.2 Å². The van der Waals surface area contributed by atoms with Gasteiger partial charge in [-0.05, 0) is 42.0 Å². The van der Waals surface area contributed by atoms with Crippen molar-refractivity contribution < 1.29 is 19.8 Å². The second-order valence-electron chi connectivity index (χ2n) is 5.46. The summed E-state index contributed by atoms with van der Waals surface area (Å²) < 4.78 is 0. The highest BCUT2D eigenvalue weighted by Gasteiger charge is 2.25. The molecule has 2 N–H and O–H groups in total. The van der Waals surface area contributed by atoms with Crippen LogP contribution in [-0.2, 0) is 5.41 Å². The van der Waals surface area contributed by atoms with Crippen LogP contribution >= 0.6 is 0 Å². The lowest BCUT2D eigenvalue weighted by Gasteiger charge is -2.24. The fourth-order valence-electron chi connectivity index (χ4n) is 2.23. The first-order valence-electron chi connectivity index (χ1n) is 5.68. The van der Waals surface area contributed by atoms with Gasteiger partial charge in [-0.15, -0.1) is 0 Å². The third kappa shape index (κ3) is 2.37. The Morgan fingerprint density at radius 3 is 1.83 bits per heavy atom. The molecular weight excluding hydrogens is 232 g/mol. The normalized spacial score (nSPS) is 11.4. The zero-order chi connectivity index (χ0) is 14.2. The number of carbonyl (C=O) groups is 2. The van der Waals surface area contributed by atoms with Gasteiger partial charge in [-0.1, -0.05) is 20.8 Å². The summed E-state index contributed by atoms with van der Waals surface area (Å²) in [5.41, 5.74) is 1.55. The predicted molar refractivity (Wildman–Crippen MR) is 68.5 cm³/mol. The van der Waals surface area contributed by atoms with Gasteiger partial charge >= 0.3 is 11.9 Å². The van der Waals surface area contributed by atoms with Crippen LogP contribution in [0.2, 0.25) is 0 Å². The van der Waals surface area contributed by atoms with E-state index in [1.807, 2.05) is 20.8 Å². The molecule has 0 atom stereocenters. The highest BCUT2D eigenvalue weighted by molar-refractivity contribution is 5.98. The molecule has 1 rings (SSSR count). The van der Waals surface area contributed by atoms with Crippen LogP contribution < -0.4 is 0 Å². The molecule has 98 valence electrons. The summed E-state index contributed by atoms with van der Waals surface area (Å²) in [7, 11) is 0. The molecule has 0 aromatic heterocycles. The maximum atomic E-state index is 11.3. The molecule has 0 saturated carbocycles. The number of hydrogen-bond acceptors (Lipinski definition) is 2. The molecule has 0 saturated heterocycles. The van der Waals surface area contributed by atoms with Gasteiger partial charge in [0.25, 0.3) is 0 Å². The summed E-state index contributed by atoms with van der Waals surface area (Å²) in [5.74, 6) is -2.18. The number of carboxylic acids is 2. The molecule has 0 aliphatic rings. The zero-order valence-electron chi connectivity index (χ0n) is 11.3. The van der Waals surface area contributed by atoms with Crippen molar-refractivity contribution in [1.29, 1.82) is 0 Å². The van der Waals surface area contributed by atoms with Gasteiger partial charge in [0, 0.05) is 0 Å². The largest absolute Gasteiger partial charge is 0.478 e. The van der Waals surface area contributed by atoms with Crippen molar-refractivity contribution in [3.8, 4) is 0 Å². The van der Waals surface area contributed by atoms with Crippen LogP contribution in [0.1, 0.15) is 58.2 Å². The van der Waals surface area contributed by atoms with Crippen LogP contribution in [0.25, 0.3) is 0 Å². The van der Waals surface area contributed by atoms with Crippen molar-refractivity contribution in [2.24, 2.45) is 0 Å². The van der Waals surface area contributed by atoms with Crippen LogP contribution in [0.4, 0.5) is 0 Å². The van der Waals surface area contributed by atoms with Gasteiger partial charge in [-0.25, -0.2) is 9.59 Å². The Morgan fingerprint density at radius 2 is 1.50 bits per heavy atom. The molecule has 0 heterocycles. The van der Waals surface area contributed by atoms with Crippen molar-refractivity contribution in [3.63, 3.8) is 0 Å². The van der Waals surface area contributed by atoms with Crippen molar-refractivity contribution in [1.82, 2.24) is 0 Å². The Morgan fingerprint density at radius 1 is 1.00 bits per heavy atom. The summed E-state index contributed by atoms with van der Waals surface area (Å²) >= 11 is 0. The van der Waals surface area contributed by atoms with Gasteiger partial charge in [-0.3, -0.25) is 0 Å². The summed E-state index contributed by atoms with van der Waals surface area (Å²) in [6.07, 6.45) is 0. The minimum Gasteiger partial charge on any atom is -0.478 e. The predicted octanol–water partition coefficient (Wildman–Crippen LogP) is 3.00. The number of hydrogen-bond donors (Lipinski definition) is 2. The SMILES string of the molecule is Cc1c(C(=O)O)cc(C(C)(C)C)c(C)c1C(=O)O. The summed E-state index contributed by atoms with van der Waals surface area (Å²) in [6.45, 7) is 9.06. The Labute approximate surface area is 106 Å². The van der Waals surface area contributed by atoms with Crippen molar-refractivity contribution in [2.75, 3.05) is 0 Å². The molecule has 0 aliphatic carbocycles. The topological polar surface area (TPSA) is 74.6 Å². The van der Waals surface area contributed by atoms with E-state index in [1.54, 1.807) is 13.0 Å². The second-order valence-corrected chi connectivity index (χ2v) is 5.46. The Balaban J connectivity index is 3.78. The first-order chi connectivity index (χ1) is 8.07. The van der Waals surface area contributed by atoms with E-state index < -0.39 is 11.9 Å². The van der Waals surface area contributed by atoms with Gasteiger partial charge in [0.2, 0.25) is 0 Å². The average molecular weight is 250 g/mol. The van der Waals surface area contributed by atoms with E-state index in [0.717, 1.165) is 5.56 Å². The van der Waals surface area contributed by atoms with Gasteiger partial charge < -0.3 is 10.2 Å². The highest BCUT2D eigenvalue weighted by Crippen LogP contribution is 2.31. The lowest BCUT2D eigenvalue weighted by Crippen LogP contribution is -2.19. The quantitative estimate of drug-likeness (QED) is 0.846. The molecule has 4 heteroatoms. The summed E-state index contributed by atoms with van der Waals surface area (Å²) in [6, 6.07) is 1.58. The first kappa shape index (κ1) is 14.2. The van der Waals surface area contributed by atoms with Crippen molar-refractivity contribution >= 4 is 11.9 Å². The molecule has 1 aromatic rings. The smallest absolute Gasteiger partial charge is 0.336 e. The molecule has 0 aliphatic heterocycles. The van der Waals surface area contributed by atoms with E-state index >= 15 is 0 Å². The molecule has 1 aromatic carbocycles. The molecule has 18 heavy (non-hydrogen) atoms. The van der Waals surface area contributed by atoms with Gasteiger partial charge in [0.15, 0.2) is 0 Å². The maximum Gasteiger partial charge on any atom is 0.336 e. The number of carboxylic acid groups (broad SMARTS) is 2. The Kier molecular flexibility index (Phi) is 3.51. The second kappa shape index (κ2) is 4.44. The molecule has 0 amide bonds. The molecular formula is C14H18O4. The molecule has 0 unspecified atom stereocenters. The van der Waals surface area contributed by atoms with E-state index in [-0.39, 0.29) is 16.5 Å². The van der Waals surface area contributed by atoms with Crippen LogP contribution in [0.15, 0.2) is 6.07 Å². The van der Waals surface area contributed by atoms with E-state index in [1.165, 1.54) is 6.92 Å².